The summed E-state index contributed by atoms with van der Waals surface area (Å²) in [5, 5.41) is 21.0. The highest BCUT2D eigenvalue weighted by Gasteiger charge is 2.46. The van der Waals surface area contributed by atoms with E-state index >= 15 is 0 Å². The molecule has 5 N–H and O–H groups in total. The average molecular weight is 843 g/mol. The molecule has 0 aliphatic carbocycles. The lowest BCUT2D eigenvalue weighted by Crippen LogP contribution is -2.57. The van der Waals surface area contributed by atoms with Gasteiger partial charge in [-0.2, -0.15) is 13.2 Å². The number of amides is 4. The van der Waals surface area contributed by atoms with Gasteiger partial charge in [0.25, 0.3) is 5.91 Å². The fourth-order valence-electron chi connectivity index (χ4n) is 6.82. The molecule has 5 aromatic rings. The molecule has 60 heavy (non-hydrogen) atoms. The van der Waals surface area contributed by atoms with Gasteiger partial charge in [-0.25, -0.2) is 0 Å². The number of carbonyl (C=O) groups is 4. The Balaban J connectivity index is 1.56. The van der Waals surface area contributed by atoms with Crippen LogP contribution in [-0.2, 0) is 19.9 Å². The number of aryl methyl sites for hydroxylation is 1. The van der Waals surface area contributed by atoms with Crippen LogP contribution in [-0.4, -0.2) is 60.2 Å². The first-order valence-corrected chi connectivity index (χ1v) is 19.5. The second kappa shape index (κ2) is 19.7. The van der Waals surface area contributed by atoms with Crippen molar-refractivity contribution in [3.8, 4) is 5.75 Å². The number of rotatable bonds is 16. The van der Waals surface area contributed by atoms with Crippen molar-refractivity contribution in [3.63, 3.8) is 0 Å². The minimum Gasteiger partial charge on any atom is -0.497 e. The number of benzene rings is 5. The van der Waals surface area contributed by atoms with Crippen molar-refractivity contribution < 1.29 is 42.2 Å². The number of hydrogen-bond acceptors (Lipinski definition) is 6. The van der Waals surface area contributed by atoms with Crippen LogP contribution in [0.5, 0.6) is 5.75 Å². The maximum atomic E-state index is 14.6. The maximum Gasteiger partial charge on any atom is 0.416 e. The molecule has 4 amide bonds. The summed E-state index contributed by atoms with van der Waals surface area (Å²) in [4.78, 5) is 56.8. The summed E-state index contributed by atoms with van der Waals surface area (Å²) < 4.78 is 46.4. The van der Waals surface area contributed by atoms with Crippen LogP contribution in [0.2, 0.25) is 5.02 Å². The van der Waals surface area contributed by atoms with Crippen LogP contribution in [0.3, 0.4) is 0 Å². The zero-order chi connectivity index (χ0) is 43.6. The summed E-state index contributed by atoms with van der Waals surface area (Å²) in [6, 6.07) is 32.6. The van der Waals surface area contributed by atoms with Gasteiger partial charge in [-0.15, -0.1) is 0 Å². The van der Waals surface area contributed by atoms with E-state index in [0.717, 1.165) is 5.56 Å². The van der Waals surface area contributed by atoms with Crippen LogP contribution in [0, 0.1) is 12.8 Å². The van der Waals surface area contributed by atoms with Crippen molar-refractivity contribution in [3.05, 3.63) is 172 Å². The van der Waals surface area contributed by atoms with Gasteiger partial charge < -0.3 is 31.1 Å². The number of ether oxygens (including phenoxy) is 1. The minimum absolute atomic E-state index is 0.0636. The minimum atomic E-state index is -5.07. The lowest BCUT2D eigenvalue weighted by molar-refractivity contribution is -0.215. The van der Waals surface area contributed by atoms with Crippen LogP contribution in [0.4, 0.5) is 13.2 Å². The number of alkyl halides is 3. The SMILES string of the molecule is COc1ccc([C@H](NC(=O)[C@H](CC(=O)NC(c2ccccc2)(c2ccccc2)c2ccc(C)cc2)NC(=O)c2cccc(Cl)c2)C(=O)N[C@@H](C(C)C)[C@H](O)C(F)(F)F)cc1. The van der Waals surface area contributed by atoms with E-state index in [-0.39, 0.29) is 16.1 Å². The molecule has 314 valence electrons. The molecular formula is C46H46ClF3N4O6. The molecule has 5 rings (SSSR count). The summed E-state index contributed by atoms with van der Waals surface area (Å²) in [6.45, 7) is 4.71. The predicted molar refractivity (Wildman–Crippen MR) is 222 cm³/mol. The van der Waals surface area contributed by atoms with Crippen LogP contribution >= 0.6 is 11.6 Å². The molecule has 0 spiro atoms. The molecule has 0 aromatic heterocycles. The van der Waals surface area contributed by atoms with Crippen molar-refractivity contribution in [1.29, 1.82) is 0 Å². The number of aliphatic hydroxyl groups is 1. The third-order valence-electron chi connectivity index (χ3n) is 10.0. The van der Waals surface area contributed by atoms with E-state index in [4.69, 9.17) is 16.3 Å². The predicted octanol–water partition coefficient (Wildman–Crippen LogP) is 7.18. The van der Waals surface area contributed by atoms with Gasteiger partial charge in [-0.3, -0.25) is 19.2 Å². The first-order valence-electron chi connectivity index (χ1n) is 19.1. The molecule has 0 saturated heterocycles. The number of aliphatic hydroxyl groups excluding tert-OH is 1. The fourth-order valence-corrected chi connectivity index (χ4v) is 7.01. The van der Waals surface area contributed by atoms with E-state index < -0.39 is 71.9 Å². The number of nitrogens with one attached hydrogen (secondary N) is 4. The Morgan fingerprint density at radius 2 is 1.28 bits per heavy atom. The Morgan fingerprint density at radius 1 is 0.717 bits per heavy atom. The molecule has 0 radical (unpaired) electrons. The smallest absolute Gasteiger partial charge is 0.416 e. The van der Waals surface area contributed by atoms with E-state index in [2.05, 4.69) is 21.3 Å². The zero-order valence-electron chi connectivity index (χ0n) is 33.3. The van der Waals surface area contributed by atoms with Gasteiger partial charge in [-0.1, -0.05) is 134 Å². The Kier molecular flexibility index (Phi) is 14.8. The molecule has 0 saturated carbocycles. The zero-order valence-corrected chi connectivity index (χ0v) is 34.1. The molecule has 10 nitrogen and oxygen atoms in total. The highest BCUT2D eigenvalue weighted by molar-refractivity contribution is 6.31. The van der Waals surface area contributed by atoms with E-state index in [0.29, 0.717) is 22.4 Å². The first kappa shape index (κ1) is 44.9. The van der Waals surface area contributed by atoms with Gasteiger partial charge in [0.2, 0.25) is 17.7 Å². The second-order valence-corrected chi connectivity index (χ2v) is 15.1. The van der Waals surface area contributed by atoms with Crippen molar-refractivity contribution in [1.82, 2.24) is 21.3 Å². The molecule has 0 bridgehead atoms. The monoisotopic (exact) mass is 842 g/mol. The standard InChI is InChI=1S/C46H46ClF3N4O6/c1-28(2)39(41(56)46(48,49)50)52-44(59)40(30-20-24-36(60-4)25-21-30)53-43(58)37(51-42(57)31-12-11-17-35(47)26-31)27-38(55)54-45(32-13-7-5-8-14-32,33-15-9-6-10-16-33)34-22-18-29(3)19-23-34/h5-26,28,37,39-41,56H,27H2,1-4H3,(H,51,57)(H,52,59)(H,53,58)(H,54,55)/t37-,39-,40-,41-/m0/s1. The van der Waals surface area contributed by atoms with E-state index in [9.17, 15) is 37.5 Å². The largest absolute Gasteiger partial charge is 0.497 e. The quantitative estimate of drug-likeness (QED) is 0.0667. The van der Waals surface area contributed by atoms with Crippen molar-refractivity contribution in [2.75, 3.05) is 7.11 Å². The molecule has 0 aliphatic heterocycles. The third kappa shape index (κ3) is 10.9. The van der Waals surface area contributed by atoms with E-state index in [1.807, 2.05) is 91.9 Å². The molecule has 5 aromatic carbocycles. The fraction of sp³-hybridized carbons (Fsp3) is 0.261. The third-order valence-corrected chi connectivity index (χ3v) is 10.3. The highest BCUT2D eigenvalue weighted by atomic mass is 35.5. The number of halogens is 4. The van der Waals surface area contributed by atoms with Crippen molar-refractivity contribution in [2.24, 2.45) is 5.92 Å². The number of hydrogen-bond donors (Lipinski definition) is 5. The highest BCUT2D eigenvalue weighted by Crippen LogP contribution is 2.37. The summed E-state index contributed by atoms with van der Waals surface area (Å²) in [5.74, 6) is -4.09. The molecule has 4 atom stereocenters. The Labute approximate surface area is 351 Å². The maximum absolute atomic E-state index is 14.6. The molecule has 0 unspecified atom stereocenters. The van der Waals surface area contributed by atoms with Crippen LogP contribution in [0.15, 0.2) is 133 Å². The van der Waals surface area contributed by atoms with Gasteiger partial charge in [0.05, 0.1) is 19.6 Å². The van der Waals surface area contributed by atoms with Crippen LogP contribution in [0.25, 0.3) is 0 Å². The summed E-state index contributed by atoms with van der Waals surface area (Å²) in [6.07, 6.45) is -8.66. The molecule has 0 heterocycles. The summed E-state index contributed by atoms with van der Waals surface area (Å²) >= 11 is 6.17. The lowest BCUT2D eigenvalue weighted by atomic mass is 9.76. The average Bonchev–Trinajstić information content (AvgIpc) is 3.23. The second-order valence-electron chi connectivity index (χ2n) is 14.6. The van der Waals surface area contributed by atoms with Gasteiger partial charge in [0.15, 0.2) is 6.10 Å². The van der Waals surface area contributed by atoms with E-state index in [1.54, 1.807) is 6.07 Å². The molecular weight excluding hydrogens is 797 g/mol. The van der Waals surface area contributed by atoms with Gasteiger partial charge in [0.1, 0.15) is 23.4 Å². The van der Waals surface area contributed by atoms with Gasteiger partial charge >= 0.3 is 6.18 Å². The Hall–Kier alpha value is -6.18. The number of carbonyl (C=O) groups excluding carboxylic acids is 4. The normalized spacial score (nSPS) is 13.6. The Bertz CT molecular complexity index is 2200. The first-order chi connectivity index (χ1) is 28.5. The van der Waals surface area contributed by atoms with Crippen LogP contribution < -0.4 is 26.0 Å². The molecule has 0 fully saturated rings. The number of methoxy groups -OCH3 is 1. The Morgan fingerprint density at radius 3 is 1.80 bits per heavy atom. The van der Waals surface area contributed by atoms with Gasteiger partial charge in [0, 0.05) is 10.6 Å². The van der Waals surface area contributed by atoms with Crippen LogP contribution in [0.1, 0.15) is 64.5 Å². The summed E-state index contributed by atoms with van der Waals surface area (Å²) in [5.41, 5.74) is 1.93. The molecule has 0 aliphatic rings. The summed E-state index contributed by atoms with van der Waals surface area (Å²) in [7, 11) is 1.41. The topological polar surface area (TPSA) is 146 Å². The van der Waals surface area contributed by atoms with Gasteiger partial charge in [-0.05, 0) is 65.4 Å². The van der Waals surface area contributed by atoms with Crippen molar-refractivity contribution in [2.45, 2.75) is 63.1 Å². The van der Waals surface area contributed by atoms with E-state index in [1.165, 1.54) is 63.4 Å². The molecule has 14 heteroatoms. The lowest BCUT2D eigenvalue weighted by Gasteiger charge is -2.37. The van der Waals surface area contributed by atoms with Crippen molar-refractivity contribution >= 4 is 35.2 Å².